The predicted octanol–water partition coefficient (Wildman–Crippen LogP) is 5.69. The minimum Gasteiger partial charge on any atom is -0.487 e. The van der Waals surface area contributed by atoms with E-state index < -0.39 is 0 Å². The zero-order chi connectivity index (χ0) is 23.5. The van der Waals surface area contributed by atoms with Gasteiger partial charge in [0.25, 0.3) is 0 Å². The molecule has 1 unspecified atom stereocenters. The van der Waals surface area contributed by atoms with Gasteiger partial charge in [0.05, 0.1) is 12.2 Å². The summed E-state index contributed by atoms with van der Waals surface area (Å²) < 4.78 is 5.94. The molecule has 170 valence electrons. The van der Waals surface area contributed by atoms with E-state index in [2.05, 4.69) is 84.5 Å². The summed E-state index contributed by atoms with van der Waals surface area (Å²) in [5, 5.41) is 12.7. The van der Waals surface area contributed by atoms with E-state index in [4.69, 9.17) is 4.74 Å². The Bertz CT molecular complexity index is 1180. The monoisotopic (exact) mass is 441 g/mol. The van der Waals surface area contributed by atoms with Crippen LogP contribution in [0.15, 0.2) is 72.9 Å². The second-order valence-corrected chi connectivity index (χ2v) is 9.39. The van der Waals surface area contributed by atoms with E-state index >= 15 is 0 Å². The van der Waals surface area contributed by atoms with Gasteiger partial charge in [-0.15, -0.1) is 10.2 Å². The van der Waals surface area contributed by atoms with Crippen LogP contribution in [0.3, 0.4) is 0 Å². The molecule has 0 saturated carbocycles. The van der Waals surface area contributed by atoms with Crippen LogP contribution in [0.2, 0.25) is 0 Å². The average molecular weight is 442 g/mol. The summed E-state index contributed by atoms with van der Waals surface area (Å²) in [5.41, 5.74) is 4.13. The summed E-state index contributed by atoms with van der Waals surface area (Å²) in [6, 6.07) is 22.8. The molecular formula is C27H31N5O. The molecule has 1 atom stereocenters. The van der Waals surface area contributed by atoms with Gasteiger partial charge in [0.15, 0.2) is 0 Å². The molecule has 6 nitrogen and oxygen atoms in total. The lowest BCUT2D eigenvalue weighted by atomic mass is 9.60. The Kier molecular flexibility index (Phi) is 6.27. The van der Waals surface area contributed by atoms with Crippen LogP contribution < -0.4 is 4.74 Å². The number of benzene rings is 2. The summed E-state index contributed by atoms with van der Waals surface area (Å²) in [5.74, 6) is 1.48. The standard InChI is InChI=1S/C27H31N5O/c1-6-32-30-25(29-31-32)20-10-12-21(13-11-20)27(5,26(2,3)4)22-14-16-24(17-15-22)33-19-23-9-7-8-18-28-23/h7-18H,6,19H2,1-5H3. The van der Waals surface area contributed by atoms with Crippen LogP contribution in [0.4, 0.5) is 0 Å². The molecule has 0 bridgehead atoms. The highest BCUT2D eigenvalue weighted by molar-refractivity contribution is 5.56. The second-order valence-electron chi connectivity index (χ2n) is 9.39. The van der Waals surface area contributed by atoms with Gasteiger partial charge >= 0.3 is 0 Å². The lowest BCUT2D eigenvalue weighted by Gasteiger charge is -2.43. The minimum absolute atomic E-state index is 0.0194. The molecule has 4 rings (SSSR count). The molecule has 6 heteroatoms. The van der Waals surface area contributed by atoms with E-state index in [1.807, 2.05) is 37.3 Å². The summed E-state index contributed by atoms with van der Waals surface area (Å²) in [7, 11) is 0. The Balaban J connectivity index is 1.59. The Morgan fingerprint density at radius 1 is 0.848 bits per heavy atom. The highest BCUT2D eigenvalue weighted by Crippen LogP contribution is 2.47. The van der Waals surface area contributed by atoms with Gasteiger partial charge in [-0.05, 0) is 52.9 Å². The van der Waals surface area contributed by atoms with Gasteiger partial charge in [0, 0.05) is 17.2 Å². The summed E-state index contributed by atoms with van der Waals surface area (Å²) in [4.78, 5) is 5.92. The number of nitrogens with zero attached hydrogens (tertiary/aromatic N) is 5. The van der Waals surface area contributed by atoms with Crippen LogP contribution in [0, 0.1) is 5.41 Å². The largest absolute Gasteiger partial charge is 0.487 e. The van der Waals surface area contributed by atoms with Crippen molar-refractivity contribution in [3.8, 4) is 17.1 Å². The third-order valence-electron chi connectivity index (χ3n) is 6.50. The highest BCUT2D eigenvalue weighted by atomic mass is 16.5. The third kappa shape index (κ3) is 4.65. The molecule has 0 spiro atoms. The number of pyridine rings is 1. The third-order valence-corrected chi connectivity index (χ3v) is 6.50. The number of hydrogen-bond acceptors (Lipinski definition) is 5. The topological polar surface area (TPSA) is 65.7 Å². The van der Waals surface area contributed by atoms with Crippen LogP contribution in [0.1, 0.15) is 51.4 Å². The van der Waals surface area contributed by atoms with Gasteiger partial charge < -0.3 is 4.74 Å². The van der Waals surface area contributed by atoms with Crippen molar-refractivity contribution < 1.29 is 4.74 Å². The Morgan fingerprint density at radius 2 is 1.52 bits per heavy atom. The number of aromatic nitrogens is 5. The Morgan fingerprint density at radius 3 is 2.06 bits per heavy atom. The van der Waals surface area contributed by atoms with E-state index in [1.165, 1.54) is 11.1 Å². The van der Waals surface area contributed by atoms with Crippen molar-refractivity contribution in [3.63, 3.8) is 0 Å². The first kappa shape index (κ1) is 22.6. The van der Waals surface area contributed by atoms with Gasteiger partial charge in [-0.1, -0.05) is 70.2 Å². The molecule has 2 aromatic heterocycles. The van der Waals surface area contributed by atoms with Crippen molar-refractivity contribution in [1.82, 2.24) is 25.2 Å². The normalized spacial score (nSPS) is 13.5. The highest BCUT2D eigenvalue weighted by Gasteiger charge is 2.40. The number of tetrazole rings is 1. The van der Waals surface area contributed by atoms with E-state index in [1.54, 1.807) is 11.0 Å². The maximum absolute atomic E-state index is 5.94. The fourth-order valence-electron chi connectivity index (χ4n) is 4.00. The summed E-state index contributed by atoms with van der Waals surface area (Å²) in [6.07, 6.45) is 1.78. The number of aryl methyl sites for hydroxylation is 1. The molecule has 0 N–H and O–H groups in total. The van der Waals surface area contributed by atoms with Crippen molar-refractivity contribution >= 4 is 0 Å². The molecule has 2 heterocycles. The fraction of sp³-hybridized carbons (Fsp3) is 0.333. The van der Waals surface area contributed by atoms with Crippen molar-refractivity contribution in [2.75, 3.05) is 0 Å². The van der Waals surface area contributed by atoms with Crippen LogP contribution in [0.5, 0.6) is 5.75 Å². The molecule has 4 aromatic rings. The average Bonchev–Trinajstić information content (AvgIpc) is 3.32. The van der Waals surface area contributed by atoms with Crippen molar-refractivity contribution in [3.05, 3.63) is 89.7 Å². The van der Waals surface area contributed by atoms with Gasteiger partial charge in [-0.25, -0.2) is 0 Å². The molecule has 0 amide bonds. The van der Waals surface area contributed by atoms with Gasteiger partial charge in [-0.2, -0.15) is 4.80 Å². The molecule has 0 radical (unpaired) electrons. The summed E-state index contributed by atoms with van der Waals surface area (Å²) >= 11 is 0. The minimum atomic E-state index is -0.209. The number of hydrogen-bond donors (Lipinski definition) is 0. The van der Waals surface area contributed by atoms with Crippen LogP contribution >= 0.6 is 0 Å². The van der Waals surface area contributed by atoms with E-state index in [0.717, 1.165) is 17.0 Å². The lowest BCUT2D eigenvalue weighted by molar-refractivity contribution is 0.248. The van der Waals surface area contributed by atoms with Crippen LogP contribution in [-0.4, -0.2) is 25.2 Å². The maximum Gasteiger partial charge on any atom is 0.204 e. The Hall–Kier alpha value is -3.54. The van der Waals surface area contributed by atoms with Gasteiger partial charge in [0.2, 0.25) is 5.82 Å². The van der Waals surface area contributed by atoms with Gasteiger partial charge in [0.1, 0.15) is 12.4 Å². The molecule has 0 aliphatic carbocycles. The van der Waals surface area contributed by atoms with Crippen molar-refractivity contribution in [2.45, 2.75) is 53.2 Å². The zero-order valence-corrected chi connectivity index (χ0v) is 20.0. The zero-order valence-electron chi connectivity index (χ0n) is 20.0. The molecule has 0 aliphatic rings. The molecule has 0 fully saturated rings. The van der Waals surface area contributed by atoms with E-state index in [9.17, 15) is 0 Å². The molecule has 2 aromatic carbocycles. The van der Waals surface area contributed by atoms with E-state index in [-0.39, 0.29) is 10.8 Å². The van der Waals surface area contributed by atoms with Crippen LogP contribution in [0.25, 0.3) is 11.4 Å². The van der Waals surface area contributed by atoms with Gasteiger partial charge in [-0.3, -0.25) is 4.98 Å². The maximum atomic E-state index is 5.94. The number of rotatable bonds is 7. The summed E-state index contributed by atoms with van der Waals surface area (Å²) in [6.45, 7) is 12.3. The quantitative estimate of drug-likeness (QED) is 0.369. The SMILES string of the molecule is CCn1nnc(-c2ccc(C(C)(c3ccc(OCc4ccccn4)cc3)C(C)(C)C)cc2)n1. The Labute approximate surface area is 195 Å². The fourth-order valence-corrected chi connectivity index (χ4v) is 4.00. The molecule has 0 aliphatic heterocycles. The first-order valence-electron chi connectivity index (χ1n) is 11.3. The first-order chi connectivity index (χ1) is 15.8. The number of ether oxygens (including phenoxy) is 1. The molecule has 0 saturated heterocycles. The lowest BCUT2D eigenvalue weighted by Crippen LogP contribution is -2.38. The van der Waals surface area contributed by atoms with E-state index in [0.29, 0.717) is 19.0 Å². The molecular weight excluding hydrogens is 410 g/mol. The smallest absolute Gasteiger partial charge is 0.204 e. The van der Waals surface area contributed by atoms with Crippen molar-refractivity contribution in [2.24, 2.45) is 5.41 Å². The van der Waals surface area contributed by atoms with Crippen LogP contribution in [-0.2, 0) is 18.6 Å². The predicted molar refractivity (Wildman–Crippen MR) is 130 cm³/mol. The second kappa shape index (κ2) is 9.14. The van der Waals surface area contributed by atoms with Crippen molar-refractivity contribution in [1.29, 1.82) is 0 Å². The first-order valence-corrected chi connectivity index (χ1v) is 11.3. The molecule has 33 heavy (non-hydrogen) atoms.